The molecule has 0 fully saturated rings. The zero-order chi connectivity index (χ0) is 18.4. The van der Waals surface area contributed by atoms with Crippen LogP contribution in [0.25, 0.3) is 0 Å². The summed E-state index contributed by atoms with van der Waals surface area (Å²) in [5.41, 5.74) is 1.33. The quantitative estimate of drug-likeness (QED) is 0.657. The van der Waals surface area contributed by atoms with Crippen LogP contribution >= 0.6 is 27.5 Å². The number of nitrogens with zero attached hydrogens (tertiary/aromatic N) is 1. The standard InChI is InChI=1S/C18H17BrClNO4/c1-21(10-12-4-3-5-14(20)8-12)17(22)11-25-16-7-6-13(9-15(16)19)18(23)24-2/h3-9H,10-11H2,1-2H3. The molecule has 0 spiro atoms. The third-order valence-electron chi connectivity index (χ3n) is 3.44. The minimum Gasteiger partial charge on any atom is -0.483 e. The van der Waals surface area contributed by atoms with E-state index in [4.69, 9.17) is 16.3 Å². The van der Waals surface area contributed by atoms with Gasteiger partial charge >= 0.3 is 5.97 Å². The van der Waals surface area contributed by atoms with E-state index >= 15 is 0 Å². The van der Waals surface area contributed by atoms with Crippen molar-refractivity contribution in [2.45, 2.75) is 6.54 Å². The molecule has 0 aliphatic rings. The summed E-state index contributed by atoms with van der Waals surface area (Å²) in [6, 6.07) is 12.1. The lowest BCUT2D eigenvalue weighted by Crippen LogP contribution is -2.31. The molecular formula is C18H17BrClNO4. The molecule has 7 heteroatoms. The lowest BCUT2D eigenvalue weighted by Gasteiger charge is -2.18. The van der Waals surface area contributed by atoms with E-state index in [0.717, 1.165) is 5.56 Å². The van der Waals surface area contributed by atoms with Crippen LogP contribution in [-0.2, 0) is 16.1 Å². The molecule has 25 heavy (non-hydrogen) atoms. The fourth-order valence-corrected chi connectivity index (χ4v) is 2.82. The summed E-state index contributed by atoms with van der Waals surface area (Å²) in [6.45, 7) is 0.318. The SMILES string of the molecule is COC(=O)c1ccc(OCC(=O)N(C)Cc2cccc(Cl)c2)c(Br)c1. The van der Waals surface area contributed by atoms with Gasteiger partial charge in [0, 0.05) is 18.6 Å². The summed E-state index contributed by atoms with van der Waals surface area (Å²) >= 11 is 9.27. The van der Waals surface area contributed by atoms with Crippen LogP contribution in [0.5, 0.6) is 5.75 Å². The molecule has 0 aliphatic heterocycles. The Kier molecular flexibility index (Phi) is 6.84. The Bertz CT molecular complexity index is 781. The zero-order valence-electron chi connectivity index (χ0n) is 13.8. The van der Waals surface area contributed by atoms with Crippen molar-refractivity contribution in [3.8, 4) is 5.75 Å². The summed E-state index contributed by atoms with van der Waals surface area (Å²) in [4.78, 5) is 25.3. The monoisotopic (exact) mass is 425 g/mol. The summed E-state index contributed by atoms with van der Waals surface area (Å²) in [7, 11) is 3.01. The summed E-state index contributed by atoms with van der Waals surface area (Å²) < 4.78 is 10.8. The summed E-state index contributed by atoms with van der Waals surface area (Å²) in [5, 5.41) is 0.629. The third kappa shape index (κ3) is 5.47. The van der Waals surface area contributed by atoms with E-state index in [1.54, 1.807) is 36.2 Å². The predicted octanol–water partition coefficient (Wildman–Crippen LogP) is 3.93. The Hall–Kier alpha value is -2.05. The largest absolute Gasteiger partial charge is 0.483 e. The van der Waals surface area contributed by atoms with Crippen LogP contribution in [0.15, 0.2) is 46.9 Å². The van der Waals surface area contributed by atoms with E-state index in [2.05, 4.69) is 20.7 Å². The Morgan fingerprint density at radius 2 is 1.96 bits per heavy atom. The first-order chi connectivity index (χ1) is 11.9. The molecule has 2 aromatic rings. The van der Waals surface area contributed by atoms with Crippen LogP contribution in [0.4, 0.5) is 0 Å². The summed E-state index contributed by atoms with van der Waals surface area (Å²) in [5.74, 6) is -0.148. The number of methoxy groups -OCH3 is 1. The molecule has 132 valence electrons. The van der Waals surface area contributed by atoms with Gasteiger partial charge in [0.1, 0.15) is 5.75 Å². The zero-order valence-corrected chi connectivity index (χ0v) is 16.1. The molecular weight excluding hydrogens is 410 g/mol. The Morgan fingerprint density at radius 1 is 1.20 bits per heavy atom. The van der Waals surface area contributed by atoms with E-state index in [9.17, 15) is 9.59 Å². The number of halogens is 2. The van der Waals surface area contributed by atoms with Gasteiger partial charge in [-0.15, -0.1) is 0 Å². The number of carbonyl (C=O) groups excluding carboxylic acids is 2. The molecule has 0 aromatic heterocycles. The number of hydrogen-bond donors (Lipinski definition) is 0. The minimum absolute atomic E-state index is 0.118. The predicted molar refractivity (Wildman–Crippen MR) is 98.9 cm³/mol. The summed E-state index contributed by atoms with van der Waals surface area (Å²) in [6.07, 6.45) is 0. The van der Waals surface area contributed by atoms with Gasteiger partial charge in [0.2, 0.25) is 0 Å². The van der Waals surface area contributed by atoms with E-state index in [0.29, 0.717) is 27.4 Å². The average molecular weight is 427 g/mol. The third-order valence-corrected chi connectivity index (χ3v) is 4.29. The molecule has 0 heterocycles. The van der Waals surface area contributed by atoms with Crippen molar-refractivity contribution >= 4 is 39.4 Å². The smallest absolute Gasteiger partial charge is 0.337 e. The molecule has 0 saturated carbocycles. The van der Waals surface area contributed by atoms with E-state index < -0.39 is 5.97 Å². The Balaban J connectivity index is 1.94. The molecule has 2 aromatic carbocycles. The van der Waals surface area contributed by atoms with E-state index in [1.807, 2.05) is 18.2 Å². The fraction of sp³-hybridized carbons (Fsp3) is 0.222. The van der Waals surface area contributed by atoms with Gasteiger partial charge in [0.15, 0.2) is 6.61 Å². The van der Waals surface area contributed by atoms with Crippen molar-refractivity contribution in [2.24, 2.45) is 0 Å². The molecule has 0 radical (unpaired) electrons. The minimum atomic E-state index is -0.440. The highest BCUT2D eigenvalue weighted by Gasteiger charge is 2.13. The van der Waals surface area contributed by atoms with Crippen molar-refractivity contribution in [3.05, 3.63) is 63.1 Å². The van der Waals surface area contributed by atoms with Crippen LogP contribution in [0.3, 0.4) is 0 Å². The van der Waals surface area contributed by atoms with Gasteiger partial charge in [0.25, 0.3) is 5.91 Å². The van der Waals surface area contributed by atoms with Crippen LogP contribution in [-0.4, -0.2) is 37.5 Å². The van der Waals surface area contributed by atoms with Gasteiger partial charge in [0.05, 0.1) is 17.1 Å². The number of carbonyl (C=O) groups is 2. The first-order valence-corrected chi connectivity index (χ1v) is 8.57. The number of amides is 1. The van der Waals surface area contributed by atoms with Gasteiger partial charge in [-0.05, 0) is 51.8 Å². The van der Waals surface area contributed by atoms with Crippen molar-refractivity contribution in [1.29, 1.82) is 0 Å². The highest BCUT2D eigenvalue weighted by molar-refractivity contribution is 9.10. The second-order valence-corrected chi connectivity index (χ2v) is 6.60. The second-order valence-electron chi connectivity index (χ2n) is 5.31. The molecule has 0 saturated heterocycles. The van der Waals surface area contributed by atoms with E-state index in [1.165, 1.54) is 7.11 Å². The van der Waals surface area contributed by atoms with Crippen molar-refractivity contribution in [1.82, 2.24) is 4.90 Å². The molecule has 0 N–H and O–H groups in total. The van der Waals surface area contributed by atoms with E-state index in [-0.39, 0.29) is 12.5 Å². The first-order valence-electron chi connectivity index (χ1n) is 7.39. The second kappa shape index (κ2) is 8.87. The molecule has 5 nitrogen and oxygen atoms in total. The van der Waals surface area contributed by atoms with Gasteiger partial charge in [-0.3, -0.25) is 4.79 Å². The molecule has 0 bridgehead atoms. The maximum Gasteiger partial charge on any atom is 0.337 e. The molecule has 0 atom stereocenters. The lowest BCUT2D eigenvalue weighted by atomic mass is 10.2. The molecule has 0 aliphatic carbocycles. The normalized spacial score (nSPS) is 10.2. The molecule has 2 rings (SSSR count). The van der Waals surface area contributed by atoms with Crippen LogP contribution in [0, 0.1) is 0 Å². The van der Waals surface area contributed by atoms with Crippen LogP contribution in [0.2, 0.25) is 5.02 Å². The highest BCUT2D eigenvalue weighted by Crippen LogP contribution is 2.26. The van der Waals surface area contributed by atoms with Gasteiger partial charge < -0.3 is 14.4 Å². The number of benzene rings is 2. The van der Waals surface area contributed by atoms with Crippen LogP contribution in [0.1, 0.15) is 15.9 Å². The number of rotatable bonds is 6. The maximum atomic E-state index is 12.2. The Labute approximate surface area is 159 Å². The first kappa shape index (κ1) is 19.3. The van der Waals surface area contributed by atoms with Gasteiger partial charge in [-0.1, -0.05) is 23.7 Å². The van der Waals surface area contributed by atoms with Crippen molar-refractivity contribution in [2.75, 3.05) is 20.8 Å². The topological polar surface area (TPSA) is 55.8 Å². The van der Waals surface area contributed by atoms with Gasteiger partial charge in [-0.25, -0.2) is 4.79 Å². The fourth-order valence-electron chi connectivity index (χ4n) is 2.11. The lowest BCUT2D eigenvalue weighted by molar-refractivity contribution is -0.132. The number of ether oxygens (including phenoxy) is 2. The maximum absolute atomic E-state index is 12.2. The van der Waals surface area contributed by atoms with Crippen molar-refractivity contribution < 1.29 is 19.1 Å². The van der Waals surface area contributed by atoms with Gasteiger partial charge in [-0.2, -0.15) is 0 Å². The van der Waals surface area contributed by atoms with Crippen molar-refractivity contribution in [3.63, 3.8) is 0 Å². The molecule has 0 unspecified atom stereocenters. The average Bonchev–Trinajstić information content (AvgIpc) is 2.59. The van der Waals surface area contributed by atoms with Crippen LogP contribution < -0.4 is 4.74 Å². The molecule has 1 amide bonds. The number of hydrogen-bond acceptors (Lipinski definition) is 4. The number of likely N-dealkylation sites (N-methyl/N-ethyl adjacent to an activating group) is 1. The number of esters is 1. The Morgan fingerprint density at radius 3 is 2.60 bits per heavy atom. The highest BCUT2D eigenvalue weighted by atomic mass is 79.9.